The van der Waals surface area contributed by atoms with Gasteiger partial charge in [0.15, 0.2) is 0 Å². The smallest absolute Gasteiger partial charge is 0.125 e. The van der Waals surface area contributed by atoms with Crippen LogP contribution < -0.4 is 14.8 Å². The Bertz CT molecular complexity index is 373. The van der Waals surface area contributed by atoms with Gasteiger partial charge in [-0.3, -0.25) is 0 Å². The molecule has 0 unspecified atom stereocenters. The lowest BCUT2D eigenvalue weighted by Crippen LogP contribution is -2.28. The van der Waals surface area contributed by atoms with Crippen molar-refractivity contribution in [3.05, 3.63) is 23.8 Å². The zero-order valence-electron chi connectivity index (χ0n) is 11.4. The third kappa shape index (κ3) is 3.39. The predicted octanol–water partition coefficient (Wildman–Crippen LogP) is 2.78. The highest BCUT2D eigenvalue weighted by molar-refractivity contribution is 5.40. The summed E-state index contributed by atoms with van der Waals surface area (Å²) in [6.07, 6.45) is 6.43. The average molecular weight is 249 g/mol. The van der Waals surface area contributed by atoms with Gasteiger partial charge in [0.1, 0.15) is 11.5 Å². The summed E-state index contributed by atoms with van der Waals surface area (Å²) in [5.41, 5.74) is 1.24. The van der Waals surface area contributed by atoms with E-state index in [-0.39, 0.29) is 0 Å². The zero-order valence-corrected chi connectivity index (χ0v) is 11.4. The van der Waals surface area contributed by atoms with Crippen LogP contribution in [-0.2, 0) is 6.42 Å². The van der Waals surface area contributed by atoms with Crippen LogP contribution in [0.1, 0.15) is 31.2 Å². The van der Waals surface area contributed by atoms with Crippen molar-refractivity contribution >= 4 is 0 Å². The van der Waals surface area contributed by atoms with Crippen molar-refractivity contribution in [3.63, 3.8) is 0 Å². The van der Waals surface area contributed by atoms with Crippen molar-refractivity contribution in [2.45, 2.75) is 38.1 Å². The minimum Gasteiger partial charge on any atom is -0.497 e. The molecule has 1 fully saturated rings. The molecular weight excluding hydrogens is 226 g/mol. The van der Waals surface area contributed by atoms with E-state index >= 15 is 0 Å². The zero-order chi connectivity index (χ0) is 12.8. The SMILES string of the molecule is COc1ccc(CCNC2CCCC2)c(OC)c1. The summed E-state index contributed by atoms with van der Waals surface area (Å²) in [5.74, 6) is 1.77. The fourth-order valence-corrected chi connectivity index (χ4v) is 2.60. The summed E-state index contributed by atoms with van der Waals surface area (Å²) >= 11 is 0. The Morgan fingerprint density at radius 3 is 2.61 bits per heavy atom. The normalized spacial score (nSPS) is 15.9. The number of nitrogens with one attached hydrogen (secondary N) is 1. The monoisotopic (exact) mass is 249 g/mol. The summed E-state index contributed by atoms with van der Waals surface area (Å²) in [4.78, 5) is 0. The van der Waals surface area contributed by atoms with Crippen LogP contribution in [0.5, 0.6) is 11.5 Å². The first kappa shape index (κ1) is 13.2. The van der Waals surface area contributed by atoms with Gasteiger partial charge in [-0.2, -0.15) is 0 Å². The summed E-state index contributed by atoms with van der Waals surface area (Å²) in [7, 11) is 3.39. The van der Waals surface area contributed by atoms with Crippen molar-refractivity contribution in [2.24, 2.45) is 0 Å². The second kappa shape index (κ2) is 6.64. The molecule has 1 aliphatic carbocycles. The van der Waals surface area contributed by atoms with Crippen molar-refractivity contribution < 1.29 is 9.47 Å². The van der Waals surface area contributed by atoms with Gasteiger partial charge < -0.3 is 14.8 Å². The standard InChI is InChI=1S/C15H23NO2/c1-17-14-8-7-12(15(11-14)18-2)9-10-16-13-5-3-4-6-13/h7-8,11,13,16H,3-6,9-10H2,1-2H3. The quantitative estimate of drug-likeness (QED) is 0.841. The predicted molar refractivity (Wildman–Crippen MR) is 73.5 cm³/mol. The number of benzene rings is 1. The second-order valence-corrected chi connectivity index (χ2v) is 4.86. The third-order valence-corrected chi connectivity index (χ3v) is 3.68. The van der Waals surface area contributed by atoms with Gasteiger partial charge in [-0.05, 0) is 37.4 Å². The van der Waals surface area contributed by atoms with Crippen LogP contribution in [0.3, 0.4) is 0 Å². The summed E-state index contributed by atoms with van der Waals surface area (Å²) in [5, 5.41) is 3.62. The van der Waals surface area contributed by atoms with Crippen LogP contribution in [0.2, 0.25) is 0 Å². The number of hydrogen-bond donors (Lipinski definition) is 1. The van der Waals surface area contributed by atoms with E-state index in [2.05, 4.69) is 11.4 Å². The Labute approximate surface area is 109 Å². The van der Waals surface area contributed by atoms with E-state index in [1.54, 1.807) is 14.2 Å². The van der Waals surface area contributed by atoms with Crippen LogP contribution in [0.4, 0.5) is 0 Å². The minimum absolute atomic E-state index is 0.731. The van der Waals surface area contributed by atoms with Crippen molar-refractivity contribution in [2.75, 3.05) is 20.8 Å². The molecule has 1 aliphatic rings. The fourth-order valence-electron chi connectivity index (χ4n) is 2.60. The molecular formula is C15H23NO2. The van der Waals surface area contributed by atoms with Gasteiger partial charge in [-0.25, -0.2) is 0 Å². The van der Waals surface area contributed by atoms with Gasteiger partial charge in [-0.15, -0.1) is 0 Å². The highest BCUT2D eigenvalue weighted by atomic mass is 16.5. The van der Waals surface area contributed by atoms with Gasteiger partial charge in [0.2, 0.25) is 0 Å². The lowest BCUT2D eigenvalue weighted by Gasteiger charge is -2.13. The molecule has 0 aromatic heterocycles. The molecule has 0 saturated heterocycles. The first-order valence-corrected chi connectivity index (χ1v) is 6.78. The van der Waals surface area contributed by atoms with Crippen molar-refractivity contribution in [1.82, 2.24) is 5.32 Å². The molecule has 2 rings (SSSR count). The molecule has 0 radical (unpaired) electrons. The first-order chi connectivity index (χ1) is 8.83. The van der Waals surface area contributed by atoms with Crippen LogP contribution in [0.15, 0.2) is 18.2 Å². The molecule has 3 heteroatoms. The second-order valence-electron chi connectivity index (χ2n) is 4.86. The molecule has 1 aromatic carbocycles. The molecule has 0 atom stereocenters. The van der Waals surface area contributed by atoms with E-state index in [1.807, 2.05) is 12.1 Å². The summed E-state index contributed by atoms with van der Waals surface area (Å²) in [6.45, 7) is 1.02. The minimum atomic E-state index is 0.731. The van der Waals surface area contributed by atoms with Gasteiger partial charge in [0, 0.05) is 12.1 Å². The molecule has 3 nitrogen and oxygen atoms in total. The number of methoxy groups -OCH3 is 2. The van der Waals surface area contributed by atoms with Crippen LogP contribution in [-0.4, -0.2) is 26.8 Å². The molecule has 0 bridgehead atoms. The lowest BCUT2D eigenvalue weighted by atomic mass is 10.1. The van der Waals surface area contributed by atoms with E-state index in [9.17, 15) is 0 Å². The Morgan fingerprint density at radius 2 is 1.94 bits per heavy atom. The van der Waals surface area contributed by atoms with E-state index < -0.39 is 0 Å². The Kier molecular flexibility index (Phi) is 4.88. The maximum absolute atomic E-state index is 5.40. The van der Waals surface area contributed by atoms with Crippen LogP contribution in [0, 0.1) is 0 Å². The molecule has 100 valence electrons. The van der Waals surface area contributed by atoms with Crippen molar-refractivity contribution in [3.8, 4) is 11.5 Å². The van der Waals surface area contributed by atoms with Crippen LogP contribution in [0.25, 0.3) is 0 Å². The third-order valence-electron chi connectivity index (χ3n) is 3.68. The van der Waals surface area contributed by atoms with E-state index in [0.29, 0.717) is 0 Å². The summed E-state index contributed by atoms with van der Waals surface area (Å²) in [6, 6.07) is 6.76. The molecule has 1 saturated carbocycles. The fraction of sp³-hybridized carbons (Fsp3) is 0.600. The van der Waals surface area contributed by atoms with Crippen molar-refractivity contribution in [1.29, 1.82) is 0 Å². The maximum atomic E-state index is 5.40. The largest absolute Gasteiger partial charge is 0.497 e. The van der Waals surface area contributed by atoms with Gasteiger partial charge >= 0.3 is 0 Å². The number of ether oxygens (including phenoxy) is 2. The van der Waals surface area contributed by atoms with E-state index in [1.165, 1.54) is 31.2 Å². The maximum Gasteiger partial charge on any atom is 0.125 e. The van der Waals surface area contributed by atoms with E-state index in [0.717, 1.165) is 30.5 Å². The molecule has 18 heavy (non-hydrogen) atoms. The average Bonchev–Trinajstić information content (AvgIpc) is 2.92. The van der Waals surface area contributed by atoms with E-state index in [4.69, 9.17) is 9.47 Å². The van der Waals surface area contributed by atoms with Gasteiger partial charge in [-0.1, -0.05) is 18.9 Å². The topological polar surface area (TPSA) is 30.5 Å². The molecule has 0 spiro atoms. The molecule has 1 N–H and O–H groups in total. The summed E-state index contributed by atoms with van der Waals surface area (Å²) < 4.78 is 10.6. The molecule has 1 aromatic rings. The van der Waals surface area contributed by atoms with Gasteiger partial charge in [0.05, 0.1) is 14.2 Å². The molecule has 0 heterocycles. The first-order valence-electron chi connectivity index (χ1n) is 6.78. The highest BCUT2D eigenvalue weighted by Gasteiger charge is 2.14. The lowest BCUT2D eigenvalue weighted by molar-refractivity contribution is 0.390. The number of hydrogen-bond acceptors (Lipinski definition) is 3. The molecule has 0 aliphatic heterocycles. The Morgan fingerprint density at radius 1 is 1.17 bits per heavy atom. The number of rotatable bonds is 6. The Balaban J connectivity index is 1.87. The molecule has 0 amide bonds. The van der Waals surface area contributed by atoms with Crippen LogP contribution >= 0.6 is 0 Å². The highest BCUT2D eigenvalue weighted by Crippen LogP contribution is 2.25. The Hall–Kier alpha value is -1.22. The van der Waals surface area contributed by atoms with Gasteiger partial charge in [0.25, 0.3) is 0 Å².